The molecule has 0 aliphatic heterocycles. The minimum Gasteiger partial charge on any atom is -0.340 e. The first kappa shape index (κ1) is 13.4. The van der Waals surface area contributed by atoms with Gasteiger partial charge >= 0.3 is 0 Å². The quantitative estimate of drug-likeness (QED) is 0.572. The number of non-ortho nitro benzene ring substituents is 1. The smallest absolute Gasteiger partial charge is 0.271 e. The van der Waals surface area contributed by atoms with E-state index in [1.54, 1.807) is 6.07 Å². The molecule has 0 amide bonds. The van der Waals surface area contributed by atoms with Gasteiger partial charge in [0.15, 0.2) is 0 Å². The molecule has 0 bridgehead atoms. The van der Waals surface area contributed by atoms with Crippen molar-refractivity contribution in [2.24, 2.45) is 0 Å². The van der Waals surface area contributed by atoms with Crippen LogP contribution in [0.25, 0.3) is 10.9 Å². The highest BCUT2D eigenvalue weighted by atomic mass is 79.9. The number of nitrogens with one attached hydrogen (secondary N) is 1. The minimum absolute atomic E-state index is 0.00999. The van der Waals surface area contributed by atoms with E-state index in [0.717, 1.165) is 15.5 Å². The predicted molar refractivity (Wildman–Crippen MR) is 83.6 cm³/mol. The maximum absolute atomic E-state index is 10.8. The number of hydrogen-bond donors (Lipinski definition) is 1. The van der Waals surface area contributed by atoms with E-state index < -0.39 is 4.92 Å². The van der Waals surface area contributed by atoms with Crippen molar-refractivity contribution in [3.05, 3.63) is 63.4 Å². The lowest BCUT2D eigenvalue weighted by atomic mass is 10.2. The number of benzene rings is 2. The summed E-state index contributed by atoms with van der Waals surface area (Å²) in [6.45, 7) is 0. The second-order valence-corrected chi connectivity index (χ2v) is 5.23. The summed E-state index contributed by atoms with van der Waals surface area (Å²) in [5.41, 5.74) is 1.41. The van der Waals surface area contributed by atoms with Crippen LogP contribution in [0.4, 0.5) is 17.2 Å². The van der Waals surface area contributed by atoms with Gasteiger partial charge in [-0.3, -0.25) is 10.1 Å². The van der Waals surface area contributed by atoms with Gasteiger partial charge in [-0.25, -0.2) is 9.97 Å². The molecule has 0 spiro atoms. The van der Waals surface area contributed by atoms with E-state index >= 15 is 0 Å². The first-order valence-corrected chi connectivity index (χ1v) is 6.84. The van der Waals surface area contributed by atoms with E-state index in [1.807, 2.05) is 24.3 Å². The van der Waals surface area contributed by atoms with Crippen molar-refractivity contribution in [1.82, 2.24) is 9.97 Å². The highest BCUT2D eigenvalue weighted by Crippen LogP contribution is 2.26. The van der Waals surface area contributed by atoms with Gasteiger partial charge in [0.25, 0.3) is 5.69 Å². The zero-order valence-corrected chi connectivity index (χ0v) is 12.2. The van der Waals surface area contributed by atoms with Crippen LogP contribution < -0.4 is 5.32 Å². The molecule has 7 heteroatoms. The number of fused-ring (bicyclic) bond motifs is 1. The van der Waals surface area contributed by atoms with Gasteiger partial charge in [0.2, 0.25) is 0 Å². The standard InChI is InChI=1S/C14H9BrN4O2/c15-9-1-3-10(4-2-9)18-14-12-6-5-11(19(20)21)7-13(12)16-8-17-14/h1-8H,(H,16,17,18). The van der Waals surface area contributed by atoms with Crippen molar-refractivity contribution < 1.29 is 4.92 Å². The van der Waals surface area contributed by atoms with E-state index in [9.17, 15) is 10.1 Å². The highest BCUT2D eigenvalue weighted by Gasteiger charge is 2.10. The van der Waals surface area contributed by atoms with Crippen LogP contribution in [0, 0.1) is 10.1 Å². The maximum atomic E-state index is 10.8. The van der Waals surface area contributed by atoms with Crippen LogP contribution in [-0.4, -0.2) is 14.9 Å². The van der Waals surface area contributed by atoms with Crippen molar-refractivity contribution in [3.63, 3.8) is 0 Å². The Morgan fingerprint density at radius 3 is 2.57 bits per heavy atom. The molecule has 0 saturated heterocycles. The second-order valence-electron chi connectivity index (χ2n) is 4.31. The van der Waals surface area contributed by atoms with E-state index in [4.69, 9.17) is 0 Å². The fourth-order valence-electron chi connectivity index (χ4n) is 1.93. The summed E-state index contributed by atoms with van der Waals surface area (Å²) < 4.78 is 0.983. The number of anilines is 2. The van der Waals surface area contributed by atoms with Gasteiger partial charge in [-0.2, -0.15) is 0 Å². The van der Waals surface area contributed by atoms with Crippen LogP contribution in [0.3, 0.4) is 0 Å². The molecule has 1 aromatic heterocycles. The summed E-state index contributed by atoms with van der Waals surface area (Å²) in [5, 5.41) is 14.7. The first-order valence-electron chi connectivity index (χ1n) is 6.05. The monoisotopic (exact) mass is 344 g/mol. The van der Waals surface area contributed by atoms with Crippen LogP contribution in [0.15, 0.2) is 53.3 Å². The van der Waals surface area contributed by atoms with Crippen LogP contribution in [-0.2, 0) is 0 Å². The SMILES string of the molecule is O=[N+]([O-])c1ccc2c(Nc3ccc(Br)cc3)ncnc2c1. The van der Waals surface area contributed by atoms with Gasteiger partial charge in [0.1, 0.15) is 12.1 Å². The average molecular weight is 345 g/mol. The van der Waals surface area contributed by atoms with E-state index in [0.29, 0.717) is 11.3 Å². The van der Waals surface area contributed by atoms with E-state index in [-0.39, 0.29) is 5.69 Å². The normalized spacial score (nSPS) is 10.5. The molecule has 0 radical (unpaired) electrons. The van der Waals surface area contributed by atoms with Gasteiger partial charge in [-0.15, -0.1) is 0 Å². The molecular weight excluding hydrogens is 336 g/mol. The van der Waals surface area contributed by atoms with Gasteiger partial charge < -0.3 is 5.32 Å². The van der Waals surface area contributed by atoms with Gasteiger partial charge in [-0.1, -0.05) is 15.9 Å². The molecule has 21 heavy (non-hydrogen) atoms. The van der Waals surface area contributed by atoms with Gasteiger partial charge in [0, 0.05) is 27.7 Å². The molecule has 2 aromatic carbocycles. The number of rotatable bonds is 3. The Balaban J connectivity index is 2.02. The lowest BCUT2D eigenvalue weighted by molar-refractivity contribution is -0.384. The summed E-state index contributed by atoms with van der Waals surface area (Å²) in [4.78, 5) is 18.6. The number of aromatic nitrogens is 2. The summed E-state index contributed by atoms with van der Waals surface area (Å²) in [6.07, 6.45) is 1.38. The van der Waals surface area contributed by atoms with Gasteiger partial charge in [-0.05, 0) is 30.3 Å². The fourth-order valence-corrected chi connectivity index (χ4v) is 2.19. The third-order valence-corrected chi connectivity index (χ3v) is 3.47. The Hall–Kier alpha value is -2.54. The molecule has 0 unspecified atom stereocenters. The summed E-state index contributed by atoms with van der Waals surface area (Å²) in [5.74, 6) is 0.609. The molecule has 0 aliphatic carbocycles. The minimum atomic E-state index is -0.441. The molecule has 1 N–H and O–H groups in total. The summed E-state index contributed by atoms with van der Waals surface area (Å²) in [6, 6.07) is 12.2. The zero-order valence-electron chi connectivity index (χ0n) is 10.7. The number of nitro benzene ring substituents is 1. The van der Waals surface area contributed by atoms with Crippen LogP contribution >= 0.6 is 15.9 Å². The van der Waals surface area contributed by atoms with Crippen LogP contribution in [0.5, 0.6) is 0 Å². The number of nitrogens with zero attached hydrogens (tertiary/aromatic N) is 3. The number of nitro groups is 1. The Morgan fingerprint density at radius 2 is 1.86 bits per heavy atom. The first-order chi connectivity index (χ1) is 10.1. The zero-order chi connectivity index (χ0) is 14.8. The average Bonchev–Trinajstić information content (AvgIpc) is 2.49. The van der Waals surface area contributed by atoms with Crippen molar-refractivity contribution in [1.29, 1.82) is 0 Å². The van der Waals surface area contributed by atoms with Crippen LogP contribution in [0.1, 0.15) is 0 Å². The van der Waals surface area contributed by atoms with Crippen molar-refractivity contribution in [2.45, 2.75) is 0 Å². The Labute approximate surface area is 128 Å². The van der Waals surface area contributed by atoms with E-state index in [2.05, 4.69) is 31.2 Å². The maximum Gasteiger partial charge on any atom is 0.271 e. The molecule has 3 aromatic rings. The molecular formula is C14H9BrN4O2. The molecule has 0 atom stereocenters. The Kier molecular flexibility index (Phi) is 3.49. The van der Waals surface area contributed by atoms with Crippen molar-refractivity contribution in [3.8, 4) is 0 Å². The molecule has 0 fully saturated rings. The molecule has 104 valence electrons. The number of hydrogen-bond acceptors (Lipinski definition) is 5. The molecule has 3 rings (SSSR count). The lowest BCUT2D eigenvalue weighted by Gasteiger charge is -2.08. The third-order valence-electron chi connectivity index (χ3n) is 2.94. The molecule has 1 heterocycles. The summed E-state index contributed by atoms with van der Waals surface area (Å²) >= 11 is 3.37. The lowest BCUT2D eigenvalue weighted by Crippen LogP contribution is -1.96. The number of halogens is 1. The molecule has 0 aliphatic rings. The molecule has 6 nitrogen and oxygen atoms in total. The summed E-state index contributed by atoms with van der Waals surface area (Å²) in [7, 11) is 0. The van der Waals surface area contributed by atoms with E-state index in [1.165, 1.54) is 18.5 Å². The third kappa shape index (κ3) is 2.82. The largest absolute Gasteiger partial charge is 0.340 e. The Morgan fingerprint density at radius 1 is 1.10 bits per heavy atom. The topological polar surface area (TPSA) is 81.0 Å². The highest BCUT2D eigenvalue weighted by molar-refractivity contribution is 9.10. The molecule has 0 saturated carbocycles. The van der Waals surface area contributed by atoms with Crippen LogP contribution in [0.2, 0.25) is 0 Å². The van der Waals surface area contributed by atoms with Crippen molar-refractivity contribution >= 4 is 44.0 Å². The second kappa shape index (κ2) is 5.45. The predicted octanol–water partition coefficient (Wildman–Crippen LogP) is 4.04. The fraction of sp³-hybridized carbons (Fsp3) is 0. The Bertz CT molecular complexity index is 821. The van der Waals surface area contributed by atoms with Crippen molar-refractivity contribution in [2.75, 3.05) is 5.32 Å². The van der Waals surface area contributed by atoms with Gasteiger partial charge in [0.05, 0.1) is 10.4 Å².